The van der Waals surface area contributed by atoms with E-state index in [2.05, 4.69) is 34.5 Å². The Kier molecular flexibility index (Phi) is 5.83. The Morgan fingerprint density at radius 3 is 2.52 bits per heavy atom. The molecule has 2 N–H and O–H groups in total. The van der Waals surface area contributed by atoms with Gasteiger partial charge in [-0.05, 0) is 30.2 Å². The molecule has 2 aromatic carbocycles. The molecule has 0 saturated carbocycles. The molecule has 0 amide bonds. The van der Waals surface area contributed by atoms with Gasteiger partial charge in [-0.3, -0.25) is 0 Å². The number of aliphatic hydroxyl groups is 1. The van der Waals surface area contributed by atoms with Gasteiger partial charge in [0.2, 0.25) is 5.95 Å². The highest BCUT2D eigenvalue weighted by molar-refractivity contribution is 5.92. The van der Waals surface area contributed by atoms with Gasteiger partial charge in [0, 0.05) is 26.1 Å². The molecule has 4 aromatic rings. The first-order valence-corrected chi connectivity index (χ1v) is 11.2. The fraction of sp³-hybridized carbons (Fsp3) is 0.320. The Bertz CT molecular complexity index is 1240. The molecule has 1 aliphatic rings. The molecule has 8 heteroatoms. The Balaban J connectivity index is 1.54. The third kappa shape index (κ3) is 4.47. The number of aromatic nitrogens is 4. The second-order valence-corrected chi connectivity index (χ2v) is 8.41. The standard InChI is InChI=1S/C25H28N6O2/c1-17(32)14-26-25-27-23-22-21(12-13-30(23)15-19-8-10-20(33-2)11-9-19)29-31(24(22)28-25)16-18-6-4-3-5-7-18/h3-11,17,32H,12-16H2,1-2H3,(H,26,27,28). The summed E-state index contributed by atoms with van der Waals surface area (Å²) >= 11 is 0. The number of nitrogens with zero attached hydrogens (tertiary/aromatic N) is 5. The molecule has 170 valence electrons. The van der Waals surface area contributed by atoms with Crippen molar-refractivity contribution in [1.29, 1.82) is 0 Å². The van der Waals surface area contributed by atoms with Crippen LogP contribution in [0, 0.1) is 0 Å². The summed E-state index contributed by atoms with van der Waals surface area (Å²) in [5, 5.41) is 18.8. The lowest BCUT2D eigenvalue weighted by Crippen LogP contribution is -2.30. The van der Waals surface area contributed by atoms with E-state index in [-0.39, 0.29) is 0 Å². The van der Waals surface area contributed by atoms with Crippen molar-refractivity contribution in [3.63, 3.8) is 0 Å². The van der Waals surface area contributed by atoms with Gasteiger partial charge in [-0.15, -0.1) is 0 Å². The highest BCUT2D eigenvalue weighted by Crippen LogP contribution is 2.34. The van der Waals surface area contributed by atoms with Gasteiger partial charge in [-0.2, -0.15) is 15.1 Å². The van der Waals surface area contributed by atoms with E-state index < -0.39 is 6.10 Å². The Labute approximate surface area is 192 Å². The quantitative estimate of drug-likeness (QED) is 0.431. The van der Waals surface area contributed by atoms with Crippen LogP contribution < -0.4 is 15.0 Å². The van der Waals surface area contributed by atoms with E-state index in [0.717, 1.165) is 47.8 Å². The predicted molar refractivity (Wildman–Crippen MR) is 129 cm³/mol. The number of hydrogen-bond acceptors (Lipinski definition) is 7. The van der Waals surface area contributed by atoms with Gasteiger partial charge in [0.25, 0.3) is 0 Å². The van der Waals surface area contributed by atoms with E-state index in [1.165, 1.54) is 11.1 Å². The molecular formula is C25H28N6O2. The molecule has 5 rings (SSSR count). The minimum Gasteiger partial charge on any atom is -0.497 e. The van der Waals surface area contributed by atoms with E-state index in [1.54, 1.807) is 14.0 Å². The smallest absolute Gasteiger partial charge is 0.226 e. The van der Waals surface area contributed by atoms with E-state index in [1.807, 2.05) is 35.0 Å². The number of benzene rings is 2. The van der Waals surface area contributed by atoms with Crippen LogP contribution in [0.1, 0.15) is 23.7 Å². The lowest BCUT2D eigenvalue weighted by atomic mass is 10.1. The first-order chi connectivity index (χ1) is 16.1. The van der Waals surface area contributed by atoms with Crippen LogP contribution in [0.25, 0.3) is 11.0 Å². The Hall–Kier alpha value is -3.65. The second kappa shape index (κ2) is 9.07. The highest BCUT2D eigenvalue weighted by Gasteiger charge is 2.27. The summed E-state index contributed by atoms with van der Waals surface area (Å²) < 4.78 is 7.26. The zero-order chi connectivity index (χ0) is 22.8. The first kappa shape index (κ1) is 21.2. The third-order valence-corrected chi connectivity index (χ3v) is 5.83. The SMILES string of the molecule is COc1ccc(CN2CCc3nn(Cc4ccccc4)c4nc(NCC(C)O)nc2c34)cc1. The molecule has 0 saturated heterocycles. The lowest BCUT2D eigenvalue weighted by molar-refractivity contribution is 0.208. The van der Waals surface area contributed by atoms with Crippen LogP contribution in [0.4, 0.5) is 11.8 Å². The molecule has 0 spiro atoms. The topological polar surface area (TPSA) is 88.3 Å². The van der Waals surface area contributed by atoms with E-state index in [4.69, 9.17) is 19.8 Å². The van der Waals surface area contributed by atoms with Crippen molar-refractivity contribution in [1.82, 2.24) is 19.7 Å². The van der Waals surface area contributed by atoms with E-state index in [9.17, 15) is 5.11 Å². The minimum atomic E-state index is -0.499. The van der Waals surface area contributed by atoms with Crippen molar-refractivity contribution in [2.24, 2.45) is 0 Å². The van der Waals surface area contributed by atoms with Crippen molar-refractivity contribution in [3.8, 4) is 5.75 Å². The van der Waals surface area contributed by atoms with Gasteiger partial charge < -0.3 is 20.1 Å². The van der Waals surface area contributed by atoms with Gasteiger partial charge in [-0.25, -0.2) is 4.68 Å². The molecule has 8 nitrogen and oxygen atoms in total. The van der Waals surface area contributed by atoms with E-state index >= 15 is 0 Å². The van der Waals surface area contributed by atoms with Crippen LogP contribution in [-0.4, -0.2) is 51.2 Å². The highest BCUT2D eigenvalue weighted by atomic mass is 16.5. The van der Waals surface area contributed by atoms with Crippen LogP contribution in [0.15, 0.2) is 54.6 Å². The molecular weight excluding hydrogens is 416 g/mol. The van der Waals surface area contributed by atoms with Gasteiger partial charge in [0.1, 0.15) is 11.6 Å². The van der Waals surface area contributed by atoms with Crippen molar-refractivity contribution in [3.05, 3.63) is 71.4 Å². The number of anilines is 2. The van der Waals surface area contributed by atoms with Gasteiger partial charge >= 0.3 is 0 Å². The van der Waals surface area contributed by atoms with Crippen LogP contribution in [0.5, 0.6) is 5.75 Å². The molecule has 0 bridgehead atoms. The summed E-state index contributed by atoms with van der Waals surface area (Å²) in [5.74, 6) is 2.22. The van der Waals surface area contributed by atoms with Gasteiger partial charge in [0.15, 0.2) is 5.65 Å². The number of nitrogens with one attached hydrogen (secondary N) is 1. The molecule has 3 heterocycles. The van der Waals surface area contributed by atoms with Crippen molar-refractivity contribution in [2.75, 3.05) is 30.4 Å². The maximum Gasteiger partial charge on any atom is 0.226 e. The molecule has 33 heavy (non-hydrogen) atoms. The molecule has 0 aliphatic carbocycles. The molecule has 1 atom stereocenters. The number of methoxy groups -OCH3 is 1. The fourth-order valence-electron chi connectivity index (χ4n) is 4.17. The fourth-order valence-corrected chi connectivity index (χ4v) is 4.17. The minimum absolute atomic E-state index is 0.378. The van der Waals surface area contributed by atoms with Gasteiger partial charge in [-0.1, -0.05) is 42.5 Å². The Morgan fingerprint density at radius 2 is 1.79 bits per heavy atom. The third-order valence-electron chi connectivity index (χ3n) is 5.83. The summed E-state index contributed by atoms with van der Waals surface area (Å²) in [4.78, 5) is 11.9. The maximum atomic E-state index is 9.75. The summed E-state index contributed by atoms with van der Waals surface area (Å²) in [6.07, 6.45) is 0.339. The van der Waals surface area contributed by atoms with Gasteiger partial charge in [0.05, 0.1) is 30.8 Å². The van der Waals surface area contributed by atoms with Crippen LogP contribution >= 0.6 is 0 Å². The second-order valence-electron chi connectivity index (χ2n) is 8.41. The number of rotatable bonds is 8. The Morgan fingerprint density at radius 1 is 1.03 bits per heavy atom. The number of aliphatic hydroxyl groups excluding tert-OH is 1. The summed E-state index contributed by atoms with van der Waals surface area (Å²) in [5.41, 5.74) is 4.19. The van der Waals surface area contributed by atoms with Crippen LogP contribution in [-0.2, 0) is 19.5 Å². The molecule has 0 fully saturated rings. The predicted octanol–water partition coefficient (Wildman–Crippen LogP) is 3.24. The first-order valence-electron chi connectivity index (χ1n) is 11.2. The maximum absolute atomic E-state index is 9.75. The normalized spacial score (nSPS) is 13.8. The van der Waals surface area contributed by atoms with Crippen LogP contribution in [0.2, 0.25) is 0 Å². The van der Waals surface area contributed by atoms with Crippen molar-refractivity contribution >= 4 is 22.8 Å². The van der Waals surface area contributed by atoms with Crippen molar-refractivity contribution in [2.45, 2.75) is 32.5 Å². The molecule has 1 aliphatic heterocycles. The zero-order valence-electron chi connectivity index (χ0n) is 18.9. The summed E-state index contributed by atoms with van der Waals surface area (Å²) in [6, 6.07) is 18.4. The number of hydrogen-bond donors (Lipinski definition) is 2. The zero-order valence-corrected chi connectivity index (χ0v) is 18.9. The monoisotopic (exact) mass is 444 g/mol. The number of ether oxygens (including phenoxy) is 1. The molecule has 0 radical (unpaired) electrons. The average Bonchev–Trinajstić information content (AvgIpc) is 3.18. The van der Waals surface area contributed by atoms with E-state index in [0.29, 0.717) is 19.0 Å². The van der Waals surface area contributed by atoms with Crippen LogP contribution in [0.3, 0.4) is 0 Å². The summed E-state index contributed by atoms with van der Waals surface area (Å²) in [7, 11) is 1.67. The molecule has 2 aromatic heterocycles. The van der Waals surface area contributed by atoms with Crippen molar-refractivity contribution < 1.29 is 9.84 Å². The summed E-state index contributed by atoms with van der Waals surface area (Å²) in [6.45, 7) is 4.31. The largest absolute Gasteiger partial charge is 0.497 e. The molecule has 1 unspecified atom stereocenters. The average molecular weight is 445 g/mol. The lowest BCUT2D eigenvalue weighted by Gasteiger charge is -2.28.